The lowest BCUT2D eigenvalue weighted by Gasteiger charge is -2.38. The summed E-state index contributed by atoms with van der Waals surface area (Å²) in [4.78, 5) is 109. The predicted molar refractivity (Wildman–Crippen MR) is 237 cm³/mol. The molecule has 0 bridgehead atoms. The number of hydrogen-bond acceptors (Lipinski definition) is 17. The third-order valence-electron chi connectivity index (χ3n) is 9.51. The number of carboxylic acids is 2. The van der Waals surface area contributed by atoms with E-state index >= 15 is 0 Å². The zero-order chi connectivity index (χ0) is 49.4. The van der Waals surface area contributed by atoms with Gasteiger partial charge >= 0.3 is 17.9 Å². The Morgan fingerprint density at radius 1 is 0.742 bits per heavy atom. The van der Waals surface area contributed by atoms with Gasteiger partial charge in [-0.15, -0.1) is 0 Å². The number of ether oxygens (including phenoxy) is 6. The third-order valence-corrected chi connectivity index (χ3v) is 9.87. The maximum absolute atomic E-state index is 12.9. The molecular formula is C41H69N7O17S. The highest BCUT2D eigenvalue weighted by Crippen LogP contribution is 2.25. The average molecular weight is 964 g/mol. The van der Waals surface area contributed by atoms with E-state index in [0.29, 0.717) is 5.57 Å². The molecule has 376 valence electrons. The maximum atomic E-state index is 12.9. The van der Waals surface area contributed by atoms with Crippen molar-refractivity contribution in [2.45, 2.75) is 115 Å². The minimum atomic E-state index is -1.65. The van der Waals surface area contributed by atoms with Crippen LogP contribution in [-0.4, -0.2) is 184 Å². The molecule has 0 fully saturated rings. The molecule has 1 rings (SSSR count). The molecule has 24 nitrogen and oxygen atoms in total. The Morgan fingerprint density at radius 2 is 1.30 bits per heavy atom. The van der Waals surface area contributed by atoms with Gasteiger partial charge < -0.3 is 76.3 Å². The summed E-state index contributed by atoms with van der Waals surface area (Å²) in [5.41, 5.74) is 6.12. The van der Waals surface area contributed by atoms with Gasteiger partial charge in [-0.05, 0) is 25.8 Å². The van der Waals surface area contributed by atoms with Crippen LogP contribution in [0.5, 0.6) is 0 Å². The van der Waals surface area contributed by atoms with E-state index in [4.69, 9.17) is 44.4 Å². The second-order valence-corrected chi connectivity index (χ2v) is 15.1. The molecule has 0 unspecified atom stereocenters. The topological polar surface area (TPSA) is 348 Å². The first-order valence-corrected chi connectivity index (χ1v) is 22.4. The van der Waals surface area contributed by atoms with Gasteiger partial charge in [0.25, 0.3) is 0 Å². The van der Waals surface area contributed by atoms with Crippen molar-refractivity contribution in [2.75, 3.05) is 78.3 Å². The lowest BCUT2D eigenvalue weighted by molar-refractivity contribution is -0.143. The molecule has 25 heteroatoms. The molecular weight excluding hydrogens is 895 g/mol. The van der Waals surface area contributed by atoms with Crippen LogP contribution >= 0.6 is 12.6 Å². The highest BCUT2D eigenvalue weighted by molar-refractivity contribution is 7.80. The summed E-state index contributed by atoms with van der Waals surface area (Å²) in [5.74, 6) is -7.36. The van der Waals surface area contributed by atoms with Crippen LogP contribution in [0, 0.1) is 0 Å². The van der Waals surface area contributed by atoms with E-state index in [0.717, 1.165) is 12.8 Å². The number of thiol groups is 1. The van der Waals surface area contributed by atoms with Crippen molar-refractivity contribution in [1.29, 1.82) is 0 Å². The molecule has 0 saturated heterocycles. The number of hydrogen-bond donors (Lipinski definition) is 10. The molecule has 10 N–H and O–H groups in total. The largest absolute Gasteiger partial charge is 0.481 e. The fourth-order valence-electron chi connectivity index (χ4n) is 6.03. The zero-order valence-electron chi connectivity index (χ0n) is 38.1. The Hall–Kier alpha value is -4.92. The maximum Gasteiger partial charge on any atom is 0.333 e. The molecule has 6 atom stereocenters. The Morgan fingerprint density at radius 3 is 1.83 bits per heavy atom. The van der Waals surface area contributed by atoms with E-state index in [1.807, 2.05) is 13.8 Å². The molecule has 0 aromatic carbocycles. The molecule has 0 aromatic rings. The Kier molecular flexibility index (Phi) is 30.8. The number of nitrogens with one attached hydrogen (secondary N) is 6. The van der Waals surface area contributed by atoms with Crippen molar-refractivity contribution >= 4 is 66.0 Å². The van der Waals surface area contributed by atoms with Gasteiger partial charge in [0.05, 0.1) is 90.2 Å². The van der Waals surface area contributed by atoms with Crippen LogP contribution in [0.15, 0.2) is 11.6 Å². The summed E-state index contributed by atoms with van der Waals surface area (Å²) >= 11 is 3.81. The van der Waals surface area contributed by atoms with E-state index in [2.05, 4.69) is 44.5 Å². The highest BCUT2D eigenvalue weighted by Gasteiger charge is 2.38. The van der Waals surface area contributed by atoms with Gasteiger partial charge in [0, 0.05) is 57.0 Å². The van der Waals surface area contributed by atoms with Gasteiger partial charge in [-0.25, -0.2) is 9.59 Å². The number of rotatable bonds is 36. The number of carboxylic acid groups (broad SMARTS) is 2. The van der Waals surface area contributed by atoms with Gasteiger partial charge in [-0.3, -0.25) is 33.6 Å². The number of amides is 6. The predicted octanol–water partition coefficient (Wildman–Crippen LogP) is -2.30. The quantitative estimate of drug-likeness (QED) is 0.0179. The number of carbonyl (C=O) groups excluding carboxylic acids is 7. The number of esters is 1. The molecule has 1 aliphatic carbocycles. The fraction of sp³-hybridized carbons (Fsp3) is 0.732. The normalized spacial score (nSPS) is 17.0. The second kappa shape index (κ2) is 34.4. The monoisotopic (exact) mass is 963 g/mol. The first-order valence-electron chi connectivity index (χ1n) is 21.8. The molecule has 0 aliphatic heterocycles. The summed E-state index contributed by atoms with van der Waals surface area (Å²) in [6.07, 6.45) is 1.30. The summed E-state index contributed by atoms with van der Waals surface area (Å²) in [6, 6.07) is -5.69. The van der Waals surface area contributed by atoms with Crippen molar-refractivity contribution in [3.05, 3.63) is 11.6 Å². The van der Waals surface area contributed by atoms with Crippen LogP contribution in [0.1, 0.15) is 72.6 Å². The van der Waals surface area contributed by atoms with Gasteiger partial charge in [0.15, 0.2) is 0 Å². The first kappa shape index (κ1) is 59.1. The Labute approximate surface area is 389 Å². The Balaban J connectivity index is 2.21. The summed E-state index contributed by atoms with van der Waals surface area (Å²) < 4.78 is 33.4. The van der Waals surface area contributed by atoms with Gasteiger partial charge in [0.2, 0.25) is 35.4 Å². The molecule has 0 heterocycles. The van der Waals surface area contributed by atoms with E-state index in [1.165, 1.54) is 6.92 Å². The second-order valence-electron chi connectivity index (χ2n) is 14.8. The van der Waals surface area contributed by atoms with Gasteiger partial charge in [0.1, 0.15) is 18.1 Å². The molecule has 0 radical (unpaired) electrons. The standard InChI is InChI=1S/C41H69N7O17S/c1-5-27(6-2)65-32-21-26(41(59)64-7-3)20-29(37(32)45-25(4)49)46-35(52)10-12-60-14-16-62-18-19-63-17-15-61-13-11-43-33(50)8-9-34(51)44-23-28(42)38(55)47-30(22-36(53)54)39(56)48-31(24-66)40(57)58/h21,27-32,37,66H,5-20,22-24,42H2,1-4H3,(H,43,50)(H,44,51)(H,45,49)(H,46,52)(H,47,55)(H,48,56)(H,53,54)(H,57,58)/t28-,29-,30-,31-,32+,37+/m0/s1. The molecule has 6 amide bonds. The number of aliphatic carboxylic acids is 2. The lowest BCUT2D eigenvalue weighted by Crippen LogP contribution is -2.59. The molecule has 0 aromatic heterocycles. The summed E-state index contributed by atoms with van der Waals surface area (Å²) in [7, 11) is 0. The highest BCUT2D eigenvalue weighted by atomic mass is 32.1. The molecule has 1 aliphatic rings. The van der Waals surface area contributed by atoms with Crippen molar-refractivity contribution in [1.82, 2.24) is 31.9 Å². The molecule has 0 spiro atoms. The van der Waals surface area contributed by atoms with Crippen LogP contribution in [0.3, 0.4) is 0 Å². The minimum absolute atomic E-state index is 0.0362. The van der Waals surface area contributed by atoms with Gasteiger partial charge in [-0.1, -0.05) is 13.8 Å². The molecule has 66 heavy (non-hydrogen) atoms. The fourth-order valence-corrected chi connectivity index (χ4v) is 6.28. The van der Waals surface area contributed by atoms with E-state index < -0.39 is 90.8 Å². The molecule has 0 saturated carbocycles. The SMILES string of the molecule is CCOC(=O)C1=C[C@@H](OC(CC)CC)[C@H](NC(C)=O)[C@@H](NC(=O)CCOCCOCCOCCOCCNC(=O)CCC(=O)NC[C@H](N)C(=O)N[C@@H](CC(=O)O)C(=O)N[C@@H](CS)C(=O)O)C1. The van der Waals surface area contributed by atoms with Crippen LogP contribution < -0.4 is 37.6 Å². The average Bonchev–Trinajstić information content (AvgIpc) is 3.27. The zero-order valence-corrected chi connectivity index (χ0v) is 39.0. The van der Waals surface area contributed by atoms with Crippen molar-refractivity contribution in [3.63, 3.8) is 0 Å². The smallest absolute Gasteiger partial charge is 0.333 e. The van der Waals surface area contributed by atoms with E-state index in [1.54, 1.807) is 13.0 Å². The Bertz CT molecular complexity index is 1600. The van der Waals surface area contributed by atoms with Gasteiger partial charge in [-0.2, -0.15) is 12.6 Å². The van der Waals surface area contributed by atoms with E-state index in [-0.39, 0.29) is 115 Å². The van der Waals surface area contributed by atoms with E-state index in [9.17, 15) is 43.2 Å². The summed E-state index contributed by atoms with van der Waals surface area (Å²) in [6.45, 7) is 8.89. The third kappa shape index (κ3) is 25.7. The van der Waals surface area contributed by atoms with Crippen LogP contribution in [0.4, 0.5) is 0 Å². The minimum Gasteiger partial charge on any atom is -0.481 e. The first-order chi connectivity index (χ1) is 31.4. The number of carbonyl (C=O) groups is 9. The van der Waals surface area contributed by atoms with Crippen molar-refractivity contribution in [3.8, 4) is 0 Å². The summed E-state index contributed by atoms with van der Waals surface area (Å²) in [5, 5.41) is 33.2. The van der Waals surface area contributed by atoms with Crippen LogP contribution in [-0.2, 0) is 71.6 Å². The number of nitrogens with two attached hydrogens (primary N) is 1. The van der Waals surface area contributed by atoms with Crippen molar-refractivity contribution < 1.29 is 81.8 Å². The van der Waals surface area contributed by atoms with Crippen LogP contribution in [0.25, 0.3) is 0 Å². The van der Waals surface area contributed by atoms with Crippen molar-refractivity contribution in [2.24, 2.45) is 5.73 Å². The van der Waals surface area contributed by atoms with Crippen LogP contribution in [0.2, 0.25) is 0 Å². The lowest BCUT2D eigenvalue weighted by atomic mass is 9.87.